The number of rotatable bonds is 4. The number of alkyl carbamates (subject to hydrolysis) is 1. The van der Waals surface area contributed by atoms with E-state index in [9.17, 15) is 9.59 Å². The van der Waals surface area contributed by atoms with Crippen LogP contribution in [0.5, 0.6) is 0 Å². The van der Waals surface area contributed by atoms with Crippen molar-refractivity contribution in [2.45, 2.75) is 39.8 Å². The fourth-order valence-corrected chi connectivity index (χ4v) is 1.07. The molecule has 0 aromatic rings. The summed E-state index contributed by atoms with van der Waals surface area (Å²) in [6, 6.07) is -0.554. The molecule has 88 valence electrons. The van der Waals surface area contributed by atoms with Crippen molar-refractivity contribution in [1.82, 2.24) is 10.6 Å². The molecule has 2 N–H and O–H groups in total. The molecule has 0 fully saturated rings. The molecule has 0 rings (SSSR count). The Hall–Kier alpha value is -1.26. The number of ether oxygens (including phenoxy) is 1. The number of hydrogen-bond donors (Lipinski definition) is 2. The van der Waals surface area contributed by atoms with Crippen LogP contribution in [0.4, 0.5) is 4.79 Å². The summed E-state index contributed by atoms with van der Waals surface area (Å²) in [5, 5.41) is 5.02. The highest BCUT2D eigenvalue weighted by molar-refractivity contribution is 5.85. The van der Waals surface area contributed by atoms with Gasteiger partial charge in [0.2, 0.25) is 5.91 Å². The van der Waals surface area contributed by atoms with Gasteiger partial charge in [-0.15, -0.1) is 0 Å². The molecule has 0 unspecified atom stereocenters. The van der Waals surface area contributed by atoms with E-state index in [0.29, 0.717) is 0 Å². The molecule has 5 heteroatoms. The standard InChI is InChI=1S/C10H20N2O3/c1-6(2)8(9(13)11-5)12-10(14)15-7(3)4/h6-8H,1-5H3,(H,11,13)(H,12,14)/t8-/m0/s1. The minimum absolute atomic E-state index is 0.0182. The zero-order chi connectivity index (χ0) is 12.0. The highest BCUT2D eigenvalue weighted by Gasteiger charge is 2.23. The lowest BCUT2D eigenvalue weighted by molar-refractivity contribution is -0.123. The molecule has 0 aromatic heterocycles. The molecule has 0 radical (unpaired) electrons. The summed E-state index contributed by atoms with van der Waals surface area (Å²) < 4.78 is 4.90. The van der Waals surface area contributed by atoms with E-state index in [1.165, 1.54) is 7.05 Å². The van der Waals surface area contributed by atoms with Gasteiger partial charge in [0.15, 0.2) is 0 Å². The van der Waals surface area contributed by atoms with E-state index in [0.717, 1.165) is 0 Å². The minimum Gasteiger partial charge on any atom is -0.447 e. The third-order valence-electron chi connectivity index (χ3n) is 1.81. The number of nitrogens with one attached hydrogen (secondary N) is 2. The van der Waals surface area contributed by atoms with E-state index >= 15 is 0 Å². The van der Waals surface area contributed by atoms with Gasteiger partial charge in [0.1, 0.15) is 6.04 Å². The molecule has 0 saturated heterocycles. The van der Waals surface area contributed by atoms with E-state index < -0.39 is 12.1 Å². The van der Waals surface area contributed by atoms with Crippen LogP contribution in [0.1, 0.15) is 27.7 Å². The Balaban J connectivity index is 4.29. The Kier molecular flexibility index (Phi) is 5.74. The molecule has 0 aliphatic carbocycles. The van der Waals surface area contributed by atoms with Gasteiger partial charge in [-0.3, -0.25) is 4.79 Å². The summed E-state index contributed by atoms with van der Waals surface area (Å²) in [5.41, 5.74) is 0. The predicted octanol–water partition coefficient (Wildman–Crippen LogP) is 0.892. The molecule has 0 heterocycles. The largest absolute Gasteiger partial charge is 0.447 e. The Morgan fingerprint density at radius 2 is 1.67 bits per heavy atom. The molecule has 0 aliphatic heterocycles. The van der Waals surface area contributed by atoms with Gasteiger partial charge < -0.3 is 15.4 Å². The summed E-state index contributed by atoms with van der Waals surface area (Å²) in [6.45, 7) is 7.22. The summed E-state index contributed by atoms with van der Waals surface area (Å²) in [7, 11) is 1.53. The van der Waals surface area contributed by atoms with Crippen LogP contribution in [-0.4, -0.2) is 31.2 Å². The topological polar surface area (TPSA) is 67.4 Å². The maximum atomic E-state index is 11.4. The molecule has 0 aliphatic rings. The van der Waals surface area contributed by atoms with Crippen LogP contribution < -0.4 is 10.6 Å². The molecule has 2 amide bonds. The van der Waals surface area contributed by atoms with E-state index in [1.54, 1.807) is 13.8 Å². The lowest BCUT2D eigenvalue weighted by Gasteiger charge is -2.21. The Morgan fingerprint density at radius 3 is 2.00 bits per heavy atom. The highest BCUT2D eigenvalue weighted by atomic mass is 16.6. The smallest absolute Gasteiger partial charge is 0.408 e. The van der Waals surface area contributed by atoms with Crippen molar-refractivity contribution in [3.05, 3.63) is 0 Å². The van der Waals surface area contributed by atoms with Crippen molar-refractivity contribution in [2.75, 3.05) is 7.05 Å². The summed E-state index contributed by atoms with van der Waals surface area (Å²) in [5.74, 6) is -0.199. The van der Waals surface area contributed by atoms with E-state index in [4.69, 9.17) is 4.74 Å². The summed E-state index contributed by atoms with van der Waals surface area (Å²) in [4.78, 5) is 22.7. The van der Waals surface area contributed by atoms with Crippen LogP contribution in [0, 0.1) is 5.92 Å². The lowest BCUT2D eigenvalue weighted by Crippen LogP contribution is -2.49. The average molecular weight is 216 g/mol. The van der Waals surface area contributed by atoms with Crippen molar-refractivity contribution in [3.63, 3.8) is 0 Å². The first-order valence-electron chi connectivity index (χ1n) is 5.07. The van der Waals surface area contributed by atoms with Crippen LogP contribution in [0.25, 0.3) is 0 Å². The van der Waals surface area contributed by atoms with Crippen LogP contribution >= 0.6 is 0 Å². The highest BCUT2D eigenvalue weighted by Crippen LogP contribution is 2.02. The van der Waals surface area contributed by atoms with Gasteiger partial charge in [-0.25, -0.2) is 4.79 Å². The van der Waals surface area contributed by atoms with Gasteiger partial charge in [-0.2, -0.15) is 0 Å². The molecule has 0 saturated carbocycles. The minimum atomic E-state index is -0.563. The normalized spacial score (nSPS) is 12.5. The average Bonchev–Trinajstić information content (AvgIpc) is 2.11. The van der Waals surface area contributed by atoms with Gasteiger partial charge in [-0.05, 0) is 19.8 Å². The third kappa shape index (κ3) is 5.24. The number of amides is 2. The number of carbonyl (C=O) groups excluding carboxylic acids is 2. The second kappa shape index (κ2) is 6.27. The van der Waals surface area contributed by atoms with E-state index in [2.05, 4.69) is 10.6 Å². The number of carbonyl (C=O) groups is 2. The van der Waals surface area contributed by atoms with Crippen molar-refractivity contribution in [2.24, 2.45) is 5.92 Å². The molecule has 15 heavy (non-hydrogen) atoms. The maximum Gasteiger partial charge on any atom is 0.408 e. The van der Waals surface area contributed by atoms with Gasteiger partial charge in [0, 0.05) is 7.05 Å². The predicted molar refractivity (Wildman–Crippen MR) is 57.4 cm³/mol. The zero-order valence-electron chi connectivity index (χ0n) is 9.96. The monoisotopic (exact) mass is 216 g/mol. The molecule has 5 nitrogen and oxygen atoms in total. The molecular formula is C10H20N2O3. The third-order valence-corrected chi connectivity index (χ3v) is 1.81. The first kappa shape index (κ1) is 13.7. The van der Waals surface area contributed by atoms with Crippen LogP contribution in [0.2, 0.25) is 0 Å². The van der Waals surface area contributed by atoms with Crippen molar-refractivity contribution >= 4 is 12.0 Å². The first-order chi connectivity index (χ1) is 6.88. The fourth-order valence-electron chi connectivity index (χ4n) is 1.07. The molecule has 1 atom stereocenters. The summed E-state index contributed by atoms with van der Waals surface area (Å²) >= 11 is 0. The SMILES string of the molecule is CNC(=O)[C@@H](NC(=O)OC(C)C)C(C)C. The van der Waals surface area contributed by atoms with E-state index in [1.807, 2.05) is 13.8 Å². The van der Waals surface area contributed by atoms with Gasteiger partial charge in [0.05, 0.1) is 6.10 Å². The second-order valence-corrected chi connectivity index (χ2v) is 3.93. The zero-order valence-corrected chi connectivity index (χ0v) is 9.96. The maximum absolute atomic E-state index is 11.4. The number of likely N-dealkylation sites (N-methyl/N-ethyl adjacent to an activating group) is 1. The second-order valence-electron chi connectivity index (χ2n) is 3.93. The van der Waals surface area contributed by atoms with Crippen LogP contribution in [0.3, 0.4) is 0 Å². The van der Waals surface area contributed by atoms with Gasteiger partial charge in [-0.1, -0.05) is 13.8 Å². The van der Waals surface area contributed by atoms with E-state index in [-0.39, 0.29) is 17.9 Å². The quantitative estimate of drug-likeness (QED) is 0.733. The van der Waals surface area contributed by atoms with Crippen LogP contribution in [-0.2, 0) is 9.53 Å². The molecule has 0 spiro atoms. The Bertz CT molecular complexity index is 227. The molecule has 0 aromatic carbocycles. The number of hydrogen-bond acceptors (Lipinski definition) is 3. The van der Waals surface area contributed by atoms with Crippen LogP contribution in [0.15, 0.2) is 0 Å². The van der Waals surface area contributed by atoms with Gasteiger partial charge >= 0.3 is 6.09 Å². The first-order valence-corrected chi connectivity index (χ1v) is 5.07. The Labute approximate surface area is 90.6 Å². The lowest BCUT2D eigenvalue weighted by atomic mass is 10.0. The van der Waals surface area contributed by atoms with Crippen molar-refractivity contribution < 1.29 is 14.3 Å². The fraction of sp³-hybridized carbons (Fsp3) is 0.800. The van der Waals surface area contributed by atoms with Gasteiger partial charge in [0.25, 0.3) is 0 Å². The molecule has 0 bridgehead atoms. The van der Waals surface area contributed by atoms with Crippen molar-refractivity contribution in [3.8, 4) is 0 Å². The Morgan fingerprint density at radius 1 is 1.13 bits per heavy atom. The molecular weight excluding hydrogens is 196 g/mol. The van der Waals surface area contributed by atoms with Crippen molar-refractivity contribution in [1.29, 1.82) is 0 Å². The summed E-state index contributed by atoms with van der Waals surface area (Å²) in [6.07, 6.45) is -0.755.